The predicted octanol–water partition coefficient (Wildman–Crippen LogP) is -2.20. The van der Waals surface area contributed by atoms with Gasteiger partial charge in [-0.05, 0) is 124 Å². The average Bonchev–Trinajstić information content (AvgIpc) is 3.96. The van der Waals surface area contributed by atoms with Crippen LogP contribution in [0.2, 0.25) is 0 Å². The number of fused-ring (bicyclic) bond motifs is 5. The van der Waals surface area contributed by atoms with Crippen LogP contribution in [-0.4, -0.2) is 244 Å². The molecule has 446 valence electrons. The van der Waals surface area contributed by atoms with Crippen molar-refractivity contribution in [3.05, 3.63) is 11.6 Å². The molecule has 4 saturated heterocycles. The Balaban J connectivity index is 1.01. The van der Waals surface area contributed by atoms with Crippen molar-refractivity contribution in [2.75, 3.05) is 26.4 Å². The summed E-state index contributed by atoms with van der Waals surface area (Å²) < 4.78 is 48.9. The van der Waals surface area contributed by atoms with Gasteiger partial charge in [0.25, 0.3) is 0 Å². The maximum absolute atomic E-state index is 12.8. The van der Waals surface area contributed by atoms with Crippen LogP contribution in [0.4, 0.5) is 0 Å². The van der Waals surface area contributed by atoms with Gasteiger partial charge in [0.1, 0.15) is 97.7 Å². The van der Waals surface area contributed by atoms with Gasteiger partial charge in [0, 0.05) is 0 Å². The third-order valence-corrected chi connectivity index (χ3v) is 20.9. The summed E-state index contributed by atoms with van der Waals surface area (Å²) in [5, 5.41) is 162. The van der Waals surface area contributed by atoms with E-state index in [0.29, 0.717) is 38.5 Å². The lowest BCUT2D eigenvalue weighted by molar-refractivity contribution is -0.378. The zero-order valence-corrected chi connectivity index (χ0v) is 45.8. The first-order valence-corrected chi connectivity index (χ1v) is 27.9. The van der Waals surface area contributed by atoms with Gasteiger partial charge in [0.05, 0.1) is 44.2 Å². The molecule has 0 amide bonds. The maximum atomic E-state index is 12.8. The van der Waals surface area contributed by atoms with Gasteiger partial charge in [-0.2, -0.15) is 0 Å². The zero-order valence-electron chi connectivity index (χ0n) is 45.8. The van der Waals surface area contributed by atoms with Crippen molar-refractivity contribution >= 4 is 0 Å². The van der Waals surface area contributed by atoms with E-state index >= 15 is 0 Å². The van der Waals surface area contributed by atoms with E-state index in [4.69, 9.17) is 37.9 Å². The van der Waals surface area contributed by atoms with Gasteiger partial charge < -0.3 is 114 Å². The molecule has 30 atom stereocenters. The first-order valence-electron chi connectivity index (χ1n) is 27.9. The molecule has 4 aliphatic carbocycles. The lowest BCUT2D eigenvalue weighted by Crippen LogP contribution is -2.68. The van der Waals surface area contributed by atoms with Gasteiger partial charge in [0.2, 0.25) is 0 Å². The Kier molecular flexibility index (Phi) is 18.9. The van der Waals surface area contributed by atoms with E-state index in [2.05, 4.69) is 40.7 Å². The van der Waals surface area contributed by atoms with Crippen LogP contribution in [0.15, 0.2) is 11.6 Å². The first-order chi connectivity index (χ1) is 36.0. The molecule has 0 spiro atoms. The standard InChI is InChI=1S/C54H92O23/c1-23(2)10-9-14-54(8,77-48-44(69)40(65)37(62)29(74-48)22-70-46-42(67)38(63)34(59)26(19-55)71-46)24-11-16-53(7)33(24)25(58)18-31-51(5)15-13-32(50(3,4)30(51)12-17-52(31,53)6)75-49-45(41(66)36(61)28(21-57)73-49)76-47-43(68)39(64)35(60)27(20-56)72-47/h10,24-49,55-69H,9,11-22H2,1-8H3/t24-,25+,26+,27+,28+,29+,30?,31+,32-,33-,34+,35+,36+,37+,38-,39-,40-,41-,42+,43+,44+,45+,46+,47-,48-,49-,51-,52+,53+,54-/m0/s1. The number of allylic oxidation sites excluding steroid dienone is 2. The van der Waals surface area contributed by atoms with Crippen molar-refractivity contribution in [2.24, 2.45) is 45.3 Å². The van der Waals surface area contributed by atoms with Crippen LogP contribution in [0.1, 0.15) is 113 Å². The summed E-state index contributed by atoms with van der Waals surface area (Å²) in [5.74, 6) is -0.475. The number of aliphatic hydroxyl groups excluding tert-OH is 15. The molecule has 23 nitrogen and oxygen atoms in total. The molecule has 0 bridgehead atoms. The Morgan fingerprint density at radius 2 is 1.05 bits per heavy atom. The molecule has 0 aromatic rings. The largest absolute Gasteiger partial charge is 0.394 e. The number of aliphatic hydroxyl groups is 15. The molecule has 77 heavy (non-hydrogen) atoms. The highest BCUT2D eigenvalue weighted by atomic mass is 16.8. The molecule has 4 saturated carbocycles. The lowest BCUT2D eigenvalue weighted by atomic mass is 9.35. The van der Waals surface area contributed by atoms with E-state index in [1.54, 1.807) is 0 Å². The fraction of sp³-hybridized carbons (Fsp3) is 0.963. The second kappa shape index (κ2) is 23.5. The van der Waals surface area contributed by atoms with Crippen LogP contribution in [0.3, 0.4) is 0 Å². The van der Waals surface area contributed by atoms with Crippen molar-refractivity contribution in [2.45, 2.75) is 254 Å². The monoisotopic (exact) mass is 1110 g/mol. The smallest absolute Gasteiger partial charge is 0.187 e. The van der Waals surface area contributed by atoms with E-state index in [9.17, 15) is 76.6 Å². The highest BCUT2D eigenvalue weighted by Crippen LogP contribution is 2.76. The molecule has 8 fully saturated rings. The topological polar surface area (TPSA) is 377 Å². The molecular weight excluding hydrogens is 1020 g/mol. The maximum Gasteiger partial charge on any atom is 0.187 e. The second-order valence-corrected chi connectivity index (χ2v) is 25.7. The summed E-state index contributed by atoms with van der Waals surface area (Å²) in [4.78, 5) is 0. The Hall–Kier alpha value is -1.18. The van der Waals surface area contributed by atoms with Crippen molar-refractivity contribution < 1.29 is 114 Å². The van der Waals surface area contributed by atoms with Crippen LogP contribution >= 0.6 is 0 Å². The van der Waals surface area contributed by atoms with E-state index in [0.717, 1.165) is 24.8 Å². The van der Waals surface area contributed by atoms with Crippen LogP contribution in [0.25, 0.3) is 0 Å². The fourth-order valence-electron chi connectivity index (χ4n) is 16.3. The van der Waals surface area contributed by atoms with Gasteiger partial charge in [-0.1, -0.05) is 46.3 Å². The number of hydrogen-bond donors (Lipinski definition) is 15. The van der Waals surface area contributed by atoms with Crippen LogP contribution < -0.4 is 0 Å². The third-order valence-electron chi connectivity index (χ3n) is 20.9. The molecule has 23 heteroatoms. The lowest BCUT2D eigenvalue weighted by Gasteiger charge is -2.71. The predicted molar refractivity (Wildman–Crippen MR) is 266 cm³/mol. The molecule has 0 radical (unpaired) electrons. The zero-order chi connectivity index (χ0) is 56.6. The van der Waals surface area contributed by atoms with Gasteiger partial charge in [-0.15, -0.1) is 0 Å². The number of ether oxygens (including phenoxy) is 8. The Morgan fingerprint density at radius 3 is 1.64 bits per heavy atom. The Morgan fingerprint density at radius 1 is 0.545 bits per heavy atom. The summed E-state index contributed by atoms with van der Waals surface area (Å²) in [7, 11) is 0. The quantitative estimate of drug-likeness (QED) is 0.0576. The summed E-state index contributed by atoms with van der Waals surface area (Å²) in [6, 6.07) is 0. The second-order valence-electron chi connectivity index (χ2n) is 25.7. The highest BCUT2D eigenvalue weighted by molar-refractivity contribution is 5.20. The minimum atomic E-state index is -1.82. The van der Waals surface area contributed by atoms with Gasteiger partial charge in [0.15, 0.2) is 25.2 Å². The Bertz CT molecular complexity index is 1990. The van der Waals surface area contributed by atoms with E-state index in [-0.39, 0.29) is 34.5 Å². The summed E-state index contributed by atoms with van der Waals surface area (Å²) in [5.41, 5.74) is -1.59. The van der Waals surface area contributed by atoms with Crippen molar-refractivity contribution in [1.29, 1.82) is 0 Å². The van der Waals surface area contributed by atoms with Crippen LogP contribution in [0.5, 0.6) is 0 Å². The minimum Gasteiger partial charge on any atom is -0.394 e. The molecule has 4 aliphatic heterocycles. The first kappa shape index (κ1) is 61.9. The van der Waals surface area contributed by atoms with Crippen LogP contribution in [0, 0.1) is 45.3 Å². The normalized spacial score (nSPS) is 52.7. The van der Waals surface area contributed by atoms with E-state index in [1.165, 1.54) is 0 Å². The SMILES string of the molecule is CC(C)=CCC[C@](C)(O[C@@H]1O[C@H](CO[C@@H]2O[C@H](CO)[C@@H](O)[C@H](O)[C@H]2O)[C@@H](O)[C@H](O)[C@H]1O)[C@H]1CC[C@]2(C)[C@@H]1[C@H](O)C[C@@H]1[C@@]3(C)CC[C@H](O[C@@H]4O[C@H](CO)[C@@H](O)[C@H](O)[C@H]4O[C@@H]4O[C@H](CO)[C@@H](O)[C@H](O)[C@H]4O)C(C)(C)C3CC[C@]12C. The summed E-state index contributed by atoms with van der Waals surface area (Å²) in [6.07, 6.45) is -25.2. The molecule has 8 rings (SSSR count). The molecule has 4 heterocycles. The molecule has 1 unspecified atom stereocenters. The van der Waals surface area contributed by atoms with Crippen LogP contribution in [-0.2, 0) is 37.9 Å². The van der Waals surface area contributed by atoms with Gasteiger partial charge >= 0.3 is 0 Å². The van der Waals surface area contributed by atoms with E-state index < -0.39 is 178 Å². The number of hydrogen-bond acceptors (Lipinski definition) is 23. The average molecular weight is 1110 g/mol. The van der Waals surface area contributed by atoms with E-state index in [1.807, 2.05) is 20.8 Å². The van der Waals surface area contributed by atoms with Gasteiger partial charge in [-0.3, -0.25) is 0 Å². The summed E-state index contributed by atoms with van der Waals surface area (Å²) >= 11 is 0. The van der Waals surface area contributed by atoms with Crippen molar-refractivity contribution in [3.8, 4) is 0 Å². The summed E-state index contributed by atoms with van der Waals surface area (Å²) in [6.45, 7) is 14.6. The number of rotatable bonds is 16. The molecular formula is C54H92O23. The molecule has 0 aromatic heterocycles. The fourth-order valence-corrected chi connectivity index (χ4v) is 16.3. The van der Waals surface area contributed by atoms with Crippen molar-refractivity contribution in [1.82, 2.24) is 0 Å². The molecule has 15 N–H and O–H groups in total. The van der Waals surface area contributed by atoms with Crippen molar-refractivity contribution in [3.63, 3.8) is 0 Å². The third kappa shape index (κ3) is 10.9. The van der Waals surface area contributed by atoms with Gasteiger partial charge in [-0.25, -0.2) is 0 Å². The minimum absolute atomic E-state index is 0.0374. The Labute approximate surface area is 450 Å². The molecule has 0 aromatic carbocycles. The molecule has 8 aliphatic rings. The highest BCUT2D eigenvalue weighted by Gasteiger charge is 2.72.